The molecular formula is C22H27N3O2. The normalized spacial score (nSPS) is 22.5. The molecule has 2 fully saturated rings. The third kappa shape index (κ3) is 3.83. The van der Waals surface area contributed by atoms with Gasteiger partial charge in [-0.05, 0) is 48.6 Å². The van der Waals surface area contributed by atoms with Crippen molar-refractivity contribution in [1.82, 2.24) is 10.2 Å². The molecule has 2 amide bonds. The zero-order chi connectivity index (χ0) is 19.0. The summed E-state index contributed by atoms with van der Waals surface area (Å²) in [5.41, 5.74) is 7.24. The Balaban J connectivity index is 1.50. The standard InChI is InChI=1S/C22H27N3O2/c1-14(23)21(17-7-6-15-4-2-3-5-16(15)12-17)24-22(27)18-8-11-20(26)25(13-18)19-9-10-19/h2-7,12,14,18-19,21H,8-11,13,23H2,1H3,(H,24,27). The van der Waals surface area contributed by atoms with Crippen LogP contribution in [0, 0.1) is 5.92 Å². The number of carbonyl (C=O) groups excluding carboxylic acids is 2. The summed E-state index contributed by atoms with van der Waals surface area (Å²) >= 11 is 0. The monoisotopic (exact) mass is 365 g/mol. The van der Waals surface area contributed by atoms with Gasteiger partial charge in [0.25, 0.3) is 0 Å². The molecule has 142 valence electrons. The Morgan fingerprint density at radius 2 is 1.89 bits per heavy atom. The van der Waals surface area contributed by atoms with Gasteiger partial charge in [0.15, 0.2) is 0 Å². The zero-order valence-electron chi connectivity index (χ0n) is 15.7. The predicted molar refractivity (Wildman–Crippen MR) is 106 cm³/mol. The van der Waals surface area contributed by atoms with Crippen LogP contribution in [-0.2, 0) is 9.59 Å². The van der Waals surface area contributed by atoms with Crippen molar-refractivity contribution in [3.05, 3.63) is 48.0 Å². The number of fused-ring (bicyclic) bond motifs is 1. The molecule has 1 saturated heterocycles. The molecule has 4 rings (SSSR count). The maximum Gasteiger partial charge on any atom is 0.225 e. The summed E-state index contributed by atoms with van der Waals surface area (Å²) in [6.07, 6.45) is 3.23. The second-order valence-corrected chi connectivity index (χ2v) is 7.96. The number of amides is 2. The van der Waals surface area contributed by atoms with Gasteiger partial charge in [-0.2, -0.15) is 0 Å². The van der Waals surface area contributed by atoms with Gasteiger partial charge in [0, 0.05) is 25.0 Å². The Morgan fingerprint density at radius 3 is 2.59 bits per heavy atom. The molecular weight excluding hydrogens is 338 g/mol. The molecule has 0 spiro atoms. The van der Waals surface area contributed by atoms with Crippen molar-refractivity contribution >= 4 is 22.6 Å². The fraction of sp³-hybridized carbons (Fsp3) is 0.455. The number of likely N-dealkylation sites (tertiary alicyclic amines) is 1. The molecule has 3 N–H and O–H groups in total. The van der Waals surface area contributed by atoms with Gasteiger partial charge in [-0.15, -0.1) is 0 Å². The number of carbonyl (C=O) groups is 2. The quantitative estimate of drug-likeness (QED) is 0.855. The average molecular weight is 365 g/mol. The van der Waals surface area contributed by atoms with E-state index >= 15 is 0 Å². The van der Waals surface area contributed by atoms with Crippen LogP contribution in [0.3, 0.4) is 0 Å². The SMILES string of the molecule is CC(N)C(NC(=O)C1CCC(=O)N(C2CC2)C1)c1ccc2ccccc2c1. The number of hydrogen-bond donors (Lipinski definition) is 2. The fourth-order valence-electron chi connectivity index (χ4n) is 4.02. The van der Waals surface area contributed by atoms with E-state index in [9.17, 15) is 9.59 Å². The minimum Gasteiger partial charge on any atom is -0.347 e. The molecule has 5 heteroatoms. The van der Waals surface area contributed by atoms with Gasteiger partial charge in [0.1, 0.15) is 0 Å². The van der Waals surface area contributed by atoms with Crippen molar-refractivity contribution in [3.8, 4) is 0 Å². The molecule has 1 heterocycles. The summed E-state index contributed by atoms with van der Waals surface area (Å²) in [5, 5.41) is 5.47. The summed E-state index contributed by atoms with van der Waals surface area (Å²) in [6, 6.07) is 14.3. The first-order valence-corrected chi connectivity index (χ1v) is 9.87. The highest BCUT2D eigenvalue weighted by atomic mass is 16.2. The van der Waals surface area contributed by atoms with Gasteiger partial charge >= 0.3 is 0 Å². The number of nitrogens with zero attached hydrogens (tertiary/aromatic N) is 1. The summed E-state index contributed by atoms with van der Waals surface area (Å²) in [4.78, 5) is 26.9. The van der Waals surface area contributed by atoms with Crippen LogP contribution in [-0.4, -0.2) is 35.3 Å². The van der Waals surface area contributed by atoms with Gasteiger partial charge in [-0.3, -0.25) is 9.59 Å². The molecule has 27 heavy (non-hydrogen) atoms. The van der Waals surface area contributed by atoms with Crippen molar-refractivity contribution in [1.29, 1.82) is 0 Å². The Labute approximate surface area is 159 Å². The number of rotatable bonds is 5. The molecule has 0 radical (unpaired) electrons. The van der Waals surface area contributed by atoms with Crippen molar-refractivity contribution in [2.75, 3.05) is 6.54 Å². The van der Waals surface area contributed by atoms with Crippen molar-refractivity contribution in [2.45, 2.75) is 50.7 Å². The Morgan fingerprint density at radius 1 is 1.15 bits per heavy atom. The molecule has 5 nitrogen and oxygen atoms in total. The minimum atomic E-state index is -0.242. The molecule has 2 aromatic rings. The highest BCUT2D eigenvalue weighted by Crippen LogP contribution is 2.32. The van der Waals surface area contributed by atoms with Gasteiger partial charge in [0.05, 0.1) is 12.0 Å². The lowest BCUT2D eigenvalue weighted by atomic mass is 9.93. The fourth-order valence-corrected chi connectivity index (χ4v) is 4.02. The van der Waals surface area contributed by atoms with Crippen molar-refractivity contribution in [2.24, 2.45) is 11.7 Å². The minimum absolute atomic E-state index is 0.00334. The number of benzene rings is 2. The molecule has 1 aliphatic heterocycles. The van der Waals surface area contributed by atoms with Gasteiger partial charge in [-0.25, -0.2) is 0 Å². The van der Waals surface area contributed by atoms with Crippen LogP contribution in [0.1, 0.15) is 44.2 Å². The van der Waals surface area contributed by atoms with E-state index in [0.29, 0.717) is 25.4 Å². The van der Waals surface area contributed by atoms with Crippen LogP contribution in [0.2, 0.25) is 0 Å². The summed E-state index contributed by atoms with van der Waals surface area (Å²) in [7, 11) is 0. The van der Waals surface area contributed by atoms with Crippen molar-refractivity contribution < 1.29 is 9.59 Å². The number of nitrogens with one attached hydrogen (secondary N) is 1. The molecule has 1 aliphatic carbocycles. The Hall–Kier alpha value is -2.40. The predicted octanol–water partition coefficient (Wildman–Crippen LogP) is 2.75. The Kier molecular flexibility index (Phi) is 4.87. The lowest BCUT2D eigenvalue weighted by molar-refractivity contribution is -0.139. The lowest BCUT2D eigenvalue weighted by Crippen LogP contribution is -2.49. The first-order chi connectivity index (χ1) is 13.0. The largest absolute Gasteiger partial charge is 0.347 e. The maximum absolute atomic E-state index is 12.9. The molecule has 2 aliphatic rings. The van der Waals surface area contributed by atoms with Gasteiger partial charge in [0.2, 0.25) is 11.8 Å². The van der Waals surface area contributed by atoms with E-state index in [4.69, 9.17) is 5.73 Å². The van der Waals surface area contributed by atoms with E-state index in [2.05, 4.69) is 29.6 Å². The van der Waals surface area contributed by atoms with Crippen LogP contribution in [0.5, 0.6) is 0 Å². The van der Waals surface area contributed by atoms with E-state index in [1.807, 2.05) is 30.0 Å². The summed E-state index contributed by atoms with van der Waals surface area (Å²) in [5.74, 6) is 0.0495. The smallest absolute Gasteiger partial charge is 0.225 e. The lowest BCUT2D eigenvalue weighted by Gasteiger charge is -2.33. The van der Waals surface area contributed by atoms with Crippen LogP contribution in [0.15, 0.2) is 42.5 Å². The van der Waals surface area contributed by atoms with Crippen LogP contribution >= 0.6 is 0 Å². The summed E-state index contributed by atoms with van der Waals surface area (Å²) < 4.78 is 0. The molecule has 2 aromatic carbocycles. The first kappa shape index (κ1) is 18.0. The third-order valence-corrected chi connectivity index (χ3v) is 5.76. The maximum atomic E-state index is 12.9. The molecule has 1 saturated carbocycles. The van der Waals surface area contributed by atoms with Crippen LogP contribution in [0.25, 0.3) is 10.8 Å². The molecule has 0 aromatic heterocycles. The topological polar surface area (TPSA) is 75.4 Å². The Bertz CT molecular complexity index is 860. The third-order valence-electron chi connectivity index (χ3n) is 5.76. The number of piperidine rings is 1. The van der Waals surface area contributed by atoms with E-state index < -0.39 is 0 Å². The van der Waals surface area contributed by atoms with Gasteiger partial charge < -0.3 is 16.0 Å². The van der Waals surface area contributed by atoms with Crippen LogP contribution in [0.4, 0.5) is 0 Å². The molecule has 3 atom stereocenters. The molecule has 3 unspecified atom stereocenters. The number of hydrogen-bond acceptors (Lipinski definition) is 3. The first-order valence-electron chi connectivity index (χ1n) is 9.87. The zero-order valence-corrected chi connectivity index (χ0v) is 15.7. The highest BCUT2D eigenvalue weighted by Gasteiger charge is 2.39. The van der Waals surface area contributed by atoms with E-state index in [1.54, 1.807) is 0 Å². The van der Waals surface area contributed by atoms with E-state index in [1.165, 1.54) is 5.39 Å². The second kappa shape index (κ2) is 7.31. The van der Waals surface area contributed by atoms with Gasteiger partial charge in [-0.1, -0.05) is 36.4 Å². The second-order valence-electron chi connectivity index (χ2n) is 7.96. The van der Waals surface area contributed by atoms with E-state index in [0.717, 1.165) is 23.8 Å². The highest BCUT2D eigenvalue weighted by molar-refractivity contribution is 5.85. The number of nitrogens with two attached hydrogens (primary N) is 1. The van der Waals surface area contributed by atoms with E-state index in [-0.39, 0.29) is 29.8 Å². The van der Waals surface area contributed by atoms with Crippen LogP contribution < -0.4 is 11.1 Å². The summed E-state index contributed by atoms with van der Waals surface area (Å²) in [6.45, 7) is 2.46. The average Bonchev–Trinajstić information content (AvgIpc) is 3.50. The van der Waals surface area contributed by atoms with Crippen molar-refractivity contribution in [3.63, 3.8) is 0 Å². The molecule has 0 bridgehead atoms.